The second kappa shape index (κ2) is 6.63. The lowest BCUT2D eigenvalue weighted by Crippen LogP contribution is -2.56. The van der Waals surface area contributed by atoms with E-state index < -0.39 is 15.2 Å². The monoisotopic (exact) mass is 295 g/mol. The Balaban J connectivity index is 3.02. The number of amidine groups is 1. The van der Waals surface area contributed by atoms with Crippen LogP contribution in [0.3, 0.4) is 0 Å². The van der Waals surface area contributed by atoms with Crippen molar-refractivity contribution >= 4 is 27.4 Å². The largest absolute Gasteiger partial charge is 0.409 e. The molecule has 0 saturated carbocycles. The van der Waals surface area contributed by atoms with Crippen LogP contribution >= 0.6 is 11.8 Å². The molecule has 0 aliphatic carbocycles. The lowest BCUT2D eigenvalue weighted by molar-refractivity contribution is 0.224. The number of hydrogen-bond acceptors (Lipinski definition) is 6. The third-order valence-corrected chi connectivity index (χ3v) is 6.49. The van der Waals surface area contributed by atoms with Crippen LogP contribution in [0.25, 0.3) is 0 Å². The standard InChI is InChI=1S/C10H21N3O3S2/c1-3-8(10(11)12-14)13-5-6-17-7-9(13)18(15,16)4-2/h8-9,14H,3-7H2,1-2H3,(H2,11,12). The van der Waals surface area contributed by atoms with Crippen LogP contribution in [0.2, 0.25) is 0 Å². The van der Waals surface area contributed by atoms with Gasteiger partial charge in [0, 0.05) is 23.8 Å². The van der Waals surface area contributed by atoms with Gasteiger partial charge in [0.1, 0.15) is 5.37 Å². The van der Waals surface area contributed by atoms with Gasteiger partial charge < -0.3 is 10.9 Å². The van der Waals surface area contributed by atoms with Crippen molar-refractivity contribution in [2.45, 2.75) is 31.7 Å². The Morgan fingerprint density at radius 3 is 2.78 bits per heavy atom. The fourth-order valence-electron chi connectivity index (χ4n) is 2.13. The number of nitrogens with zero attached hydrogens (tertiary/aromatic N) is 2. The molecule has 0 aromatic rings. The van der Waals surface area contributed by atoms with Gasteiger partial charge in [-0.05, 0) is 6.42 Å². The van der Waals surface area contributed by atoms with E-state index in [4.69, 9.17) is 10.9 Å². The minimum absolute atomic E-state index is 0.0840. The Morgan fingerprint density at radius 1 is 1.61 bits per heavy atom. The molecule has 1 aliphatic heterocycles. The lowest BCUT2D eigenvalue weighted by Gasteiger charge is -2.39. The zero-order chi connectivity index (χ0) is 13.8. The molecule has 0 radical (unpaired) electrons. The van der Waals surface area contributed by atoms with Gasteiger partial charge in [-0.25, -0.2) is 8.42 Å². The summed E-state index contributed by atoms with van der Waals surface area (Å²) in [6.07, 6.45) is 0.621. The van der Waals surface area contributed by atoms with Crippen LogP contribution in [0.5, 0.6) is 0 Å². The van der Waals surface area contributed by atoms with E-state index in [0.717, 1.165) is 5.75 Å². The van der Waals surface area contributed by atoms with Gasteiger partial charge in [-0.1, -0.05) is 19.0 Å². The minimum atomic E-state index is -3.15. The van der Waals surface area contributed by atoms with Gasteiger partial charge >= 0.3 is 0 Å². The fraction of sp³-hybridized carbons (Fsp3) is 0.900. The van der Waals surface area contributed by atoms with Crippen LogP contribution in [0, 0.1) is 0 Å². The Morgan fingerprint density at radius 2 is 2.28 bits per heavy atom. The fourth-order valence-corrected chi connectivity index (χ4v) is 5.20. The highest BCUT2D eigenvalue weighted by atomic mass is 32.2. The quantitative estimate of drug-likeness (QED) is 0.328. The van der Waals surface area contributed by atoms with Crippen LogP contribution in [-0.4, -0.2) is 59.6 Å². The summed E-state index contributed by atoms with van der Waals surface area (Å²) in [4.78, 5) is 1.85. The number of sulfone groups is 1. The highest BCUT2D eigenvalue weighted by Crippen LogP contribution is 2.24. The summed E-state index contributed by atoms with van der Waals surface area (Å²) in [6.45, 7) is 4.20. The highest BCUT2D eigenvalue weighted by molar-refractivity contribution is 8.01. The number of nitrogens with two attached hydrogens (primary N) is 1. The summed E-state index contributed by atoms with van der Waals surface area (Å²) in [5.41, 5.74) is 5.66. The maximum atomic E-state index is 12.1. The summed E-state index contributed by atoms with van der Waals surface area (Å²) >= 11 is 1.63. The van der Waals surface area contributed by atoms with Crippen molar-refractivity contribution in [3.8, 4) is 0 Å². The van der Waals surface area contributed by atoms with Crippen molar-refractivity contribution in [2.75, 3.05) is 23.8 Å². The molecular weight excluding hydrogens is 274 g/mol. The van der Waals surface area contributed by atoms with E-state index in [1.165, 1.54) is 0 Å². The molecule has 0 spiro atoms. The van der Waals surface area contributed by atoms with E-state index >= 15 is 0 Å². The first kappa shape index (κ1) is 15.6. The predicted molar refractivity (Wildman–Crippen MR) is 74.8 cm³/mol. The molecule has 8 heteroatoms. The van der Waals surface area contributed by atoms with Crippen LogP contribution in [0.15, 0.2) is 5.16 Å². The molecule has 106 valence electrons. The zero-order valence-electron chi connectivity index (χ0n) is 10.7. The van der Waals surface area contributed by atoms with Gasteiger partial charge in [-0.2, -0.15) is 11.8 Å². The Bertz CT molecular complexity index is 397. The van der Waals surface area contributed by atoms with Crippen LogP contribution < -0.4 is 5.73 Å². The van der Waals surface area contributed by atoms with Crippen molar-refractivity contribution in [2.24, 2.45) is 10.9 Å². The first-order valence-corrected chi connectivity index (χ1v) is 8.87. The predicted octanol–water partition coefficient (Wildman–Crippen LogP) is 0.321. The van der Waals surface area contributed by atoms with Crippen molar-refractivity contribution in [3.05, 3.63) is 0 Å². The van der Waals surface area contributed by atoms with E-state index in [1.54, 1.807) is 18.7 Å². The Kier molecular flexibility index (Phi) is 5.74. The highest BCUT2D eigenvalue weighted by Gasteiger charge is 2.37. The molecule has 3 N–H and O–H groups in total. The van der Waals surface area contributed by atoms with Crippen molar-refractivity contribution in [3.63, 3.8) is 0 Å². The molecule has 6 nitrogen and oxygen atoms in total. The van der Waals surface area contributed by atoms with Gasteiger partial charge in [0.2, 0.25) is 0 Å². The molecule has 0 bridgehead atoms. The summed E-state index contributed by atoms with van der Waals surface area (Å²) in [7, 11) is -3.15. The Labute approximate surface area is 113 Å². The smallest absolute Gasteiger partial charge is 0.166 e. The molecule has 2 unspecified atom stereocenters. The number of hydrogen-bond donors (Lipinski definition) is 2. The van der Waals surface area contributed by atoms with Gasteiger partial charge in [-0.15, -0.1) is 0 Å². The number of rotatable bonds is 5. The molecule has 0 aromatic heterocycles. The molecule has 18 heavy (non-hydrogen) atoms. The van der Waals surface area contributed by atoms with Crippen LogP contribution in [-0.2, 0) is 9.84 Å². The third-order valence-electron chi connectivity index (χ3n) is 3.18. The summed E-state index contributed by atoms with van der Waals surface area (Å²) < 4.78 is 24.2. The van der Waals surface area contributed by atoms with Crippen molar-refractivity contribution in [1.82, 2.24) is 4.90 Å². The molecule has 1 rings (SSSR count). The van der Waals surface area contributed by atoms with E-state index in [1.807, 2.05) is 11.8 Å². The van der Waals surface area contributed by atoms with Crippen LogP contribution in [0.4, 0.5) is 0 Å². The Hall–Kier alpha value is -0.470. The van der Waals surface area contributed by atoms with E-state index in [9.17, 15) is 8.42 Å². The second-order valence-corrected chi connectivity index (χ2v) is 7.76. The topological polar surface area (TPSA) is 96.0 Å². The van der Waals surface area contributed by atoms with Crippen molar-refractivity contribution < 1.29 is 13.6 Å². The minimum Gasteiger partial charge on any atom is -0.409 e. The number of thioether (sulfide) groups is 1. The van der Waals surface area contributed by atoms with Gasteiger partial charge in [-0.3, -0.25) is 4.90 Å². The number of oxime groups is 1. The molecule has 1 saturated heterocycles. The van der Waals surface area contributed by atoms with Gasteiger partial charge in [0.25, 0.3) is 0 Å². The van der Waals surface area contributed by atoms with Gasteiger partial charge in [0.05, 0.1) is 6.04 Å². The summed E-state index contributed by atoms with van der Waals surface area (Å²) in [5, 5.41) is 11.3. The molecular formula is C10H21N3O3S2. The van der Waals surface area contributed by atoms with Crippen molar-refractivity contribution in [1.29, 1.82) is 0 Å². The molecule has 0 amide bonds. The average Bonchev–Trinajstić information content (AvgIpc) is 2.39. The van der Waals surface area contributed by atoms with E-state index in [2.05, 4.69) is 5.16 Å². The second-order valence-electron chi connectivity index (χ2n) is 4.17. The summed E-state index contributed by atoms with van der Waals surface area (Å²) in [5.74, 6) is 1.61. The molecule has 1 fully saturated rings. The lowest BCUT2D eigenvalue weighted by atomic mass is 10.1. The van der Waals surface area contributed by atoms with Crippen LogP contribution in [0.1, 0.15) is 20.3 Å². The average molecular weight is 295 g/mol. The maximum Gasteiger partial charge on any atom is 0.166 e. The molecule has 0 aromatic carbocycles. The molecule has 2 atom stereocenters. The van der Waals surface area contributed by atoms with E-state index in [-0.39, 0.29) is 17.6 Å². The SMILES string of the molecule is CCC(C(N)=NO)N1CCSCC1S(=O)(=O)CC. The van der Waals surface area contributed by atoms with E-state index in [0.29, 0.717) is 18.7 Å². The normalized spacial score (nSPS) is 25.0. The third kappa shape index (κ3) is 3.30. The maximum absolute atomic E-state index is 12.1. The molecule has 1 aliphatic rings. The molecule has 1 heterocycles. The first-order chi connectivity index (χ1) is 8.47. The summed E-state index contributed by atoms with van der Waals surface area (Å²) in [6, 6.07) is -0.317. The zero-order valence-corrected chi connectivity index (χ0v) is 12.4. The van der Waals surface area contributed by atoms with Gasteiger partial charge in [0.15, 0.2) is 15.7 Å². The first-order valence-electron chi connectivity index (χ1n) is 6.00.